The number of azide groups is 1. The summed E-state index contributed by atoms with van der Waals surface area (Å²) < 4.78 is 28.0. The summed E-state index contributed by atoms with van der Waals surface area (Å²) in [7, 11) is -3.61. The third-order valence-corrected chi connectivity index (χ3v) is 7.38. The summed E-state index contributed by atoms with van der Waals surface area (Å²) in [5, 5.41) is 15.0. The average Bonchev–Trinajstić information content (AvgIpc) is 2.75. The fourth-order valence-electron chi connectivity index (χ4n) is 3.90. The van der Waals surface area contributed by atoms with E-state index in [2.05, 4.69) is 40.8 Å². The van der Waals surface area contributed by atoms with Crippen LogP contribution in [0.3, 0.4) is 0 Å². The van der Waals surface area contributed by atoms with Crippen molar-refractivity contribution in [1.29, 1.82) is 0 Å². The van der Waals surface area contributed by atoms with Crippen LogP contribution in [0.25, 0.3) is 10.4 Å². The number of carboxylic acid groups (broad SMARTS) is 1. The maximum Gasteiger partial charge on any atom is 0.305 e. The number of amides is 1. The summed E-state index contributed by atoms with van der Waals surface area (Å²) in [5.41, 5.74) is 9.44. The third kappa shape index (κ3) is 8.34. The molecule has 3 N–H and O–H groups in total. The second-order valence-corrected chi connectivity index (χ2v) is 11.3. The van der Waals surface area contributed by atoms with Crippen LogP contribution in [0.2, 0.25) is 0 Å². The lowest BCUT2D eigenvalue weighted by molar-refractivity contribution is -0.137. The van der Waals surface area contributed by atoms with Crippen LogP contribution in [0.1, 0.15) is 58.4 Å². The molecule has 0 spiro atoms. The molecule has 1 aromatic carbocycles. The Bertz CT molecular complexity index is 969. The fraction of sp³-hybridized carbons (Fsp3) is 0.636. The maximum atomic E-state index is 12.6. The highest BCUT2D eigenvalue weighted by Gasteiger charge is 2.29. The van der Waals surface area contributed by atoms with Crippen LogP contribution in [-0.4, -0.2) is 44.5 Å². The monoisotopic (exact) mass is 479 g/mol. The first-order valence-electron chi connectivity index (χ1n) is 11.1. The van der Waals surface area contributed by atoms with Gasteiger partial charge in [0.2, 0.25) is 15.9 Å². The molecule has 1 amide bonds. The van der Waals surface area contributed by atoms with Gasteiger partial charge in [0.05, 0.1) is 11.3 Å². The second-order valence-electron chi connectivity index (χ2n) is 9.56. The standard InChI is InChI=1S/C22H33N5O5S/c1-22(2,3)17-8-10-19(11-9-17)33(31,32)25-13-15-4-6-16(7-5-15)21(30)26-18(12-20(28)29)14-24-27-23/h8-11,15-16,18,25H,4-7,12-14H2,1-3H3,(H,26,30)(H,28,29)/t15?,16?,18-/m0/s1. The van der Waals surface area contributed by atoms with Crippen molar-refractivity contribution in [3.8, 4) is 0 Å². The van der Waals surface area contributed by atoms with Crippen molar-refractivity contribution >= 4 is 21.9 Å². The predicted octanol–water partition coefficient (Wildman–Crippen LogP) is 3.34. The molecule has 0 aromatic heterocycles. The molecule has 2 rings (SSSR count). The van der Waals surface area contributed by atoms with Crippen LogP contribution in [0.15, 0.2) is 34.3 Å². The van der Waals surface area contributed by atoms with Crippen molar-refractivity contribution in [2.45, 2.75) is 69.2 Å². The van der Waals surface area contributed by atoms with E-state index in [9.17, 15) is 18.0 Å². The van der Waals surface area contributed by atoms with Crippen LogP contribution in [0.5, 0.6) is 0 Å². The number of benzene rings is 1. The number of sulfonamides is 1. The smallest absolute Gasteiger partial charge is 0.305 e. The molecule has 1 fully saturated rings. The molecule has 0 saturated heterocycles. The van der Waals surface area contributed by atoms with Crippen LogP contribution in [0, 0.1) is 11.8 Å². The number of rotatable bonds is 10. The van der Waals surface area contributed by atoms with Crippen molar-refractivity contribution in [3.05, 3.63) is 40.3 Å². The lowest BCUT2D eigenvalue weighted by Crippen LogP contribution is -2.43. The zero-order valence-electron chi connectivity index (χ0n) is 19.3. The highest BCUT2D eigenvalue weighted by Crippen LogP contribution is 2.29. The van der Waals surface area contributed by atoms with Gasteiger partial charge in [-0.3, -0.25) is 9.59 Å². The van der Waals surface area contributed by atoms with Crippen molar-refractivity contribution < 1.29 is 23.1 Å². The molecule has 0 radical (unpaired) electrons. The van der Waals surface area contributed by atoms with Gasteiger partial charge in [0.25, 0.3) is 0 Å². The molecule has 11 heteroatoms. The quantitative estimate of drug-likeness (QED) is 0.266. The zero-order chi connectivity index (χ0) is 24.6. The molecular formula is C22H33N5O5S. The molecule has 1 saturated carbocycles. The van der Waals surface area contributed by atoms with Gasteiger partial charge >= 0.3 is 5.97 Å². The second kappa shape index (κ2) is 11.5. The molecule has 0 aliphatic heterocycles. The number of aliphatic carboxylic acids is 1. The van der Waals surface area contributed by atoms with Gasteiger partial charge in [-0.15, -0.1) is 0 Å². The minimum atomic E-state index is -3.61. The largest absolute Gasteiger partial charge is 0.481 e. The van der Waals surface area contributed by atoms with Crippen molar-refractivity contribution in [2.24, 2.45) is 17.0 Å². The normalized spacial score (nSPS) is 19.8. The molecule has 182 valence electrons. The fourth-order valence-corrected chi connectivity index (χ4v) is 5.02. The topological polar surface area (TPSA) is 161 Å². The van der Waals surface area contributed by atoms with Gasteiger partial charge in [0, 0.05) is 30.0 Å². The van der Waals surface area contributed by atoms with Crippen LogP contribution < -0.4 is 10.0 Å². The molecule has 1 aromatic rings. The Balaban J connectivity index is 1.85. The Morgan fingerprint density at radius 1 is 1.18 bits per heavy atom. The van der Waals surface area contributed by atoms with E-state index in [1.165, 1.54) is 0 Å². The predicted molar refractivity (Wildman–Crippen MR) is 124 cm³/mol. The lowest BCUT2D eigenvalue weighted by Gasteiger charge is -2.29. The third-order valence-electron chi connectivity index (χ3n) is 5.94. The number of nitrogens with one attached hydrogen (secondary N) is 2. The average molecular weight is 480 g/mol. The number of carbonyl (C=O) groups is 2. The summed E-state index contributed by atoms with van der Waals surface area (Å²) >= 11 is 0. The summed E-state index contributed by atoms with van der Waals surface area (Å²) in [4.78, 5) is 26.3. The number of hydrogen-bond acceptors (Lipinski definition) is 5. The molecular weight excluding hydrogens is 446 g/mol. The molecule has 33 heavy (non-hydrogen) atoms. The maximum absolute atomic E-state index is 12.6. The van der Waals surface area contributed by atoms with Gasteiger partial charge in [-0.05, 0) is 60.2 Å². The van der Waals surface area contributed by atoms with Crippen molar-refractivity contribution in [3.63, 3.8) is 0 Å². The zero-order valence-corrected chi connectivity index (χ0v) is 20.1. The number of hydrogen-bond donors (Lipinski definition) is 3. The van der Waals surface area contributed by atoms with Crippen LogP contribution in [-0.2, 0) is 25.0 Å². The van der Waals surface area contributed by atoms with Gasteiger partial charge in [-0.2, -0.15) is 0 Å². The van der Waals surface area contributed by atoms with E-state index in [0.29, 0.717) is 32.2 Å². The first kappa shape index (κ1) is 26.6. The van der Waals surface area contributed by atoms with Crippen LogP contribution in [0.4, 0.5) is 0 Å². The molecule has 10 nitrogen and oxygen atoms in total. The Morgan fingerprint density at radius 2 is 1.79 bits per heavy atom. The van der Waals surface area contributed by atoms with Crippen LogP contribution >= 0.6 is 0 Å². The van der Waals surface area contributed by atoms with Gasteiger partial charge in [0.1, 0.15) is 0 Å². The first-order valence-corrected chi connectivity index (χ1v) is 12.5. The number of carboxylic acids is 1. The Hall–Kier alpha value is -2.62. The van der Waals surface area contributed by atoms with E-state index in [1.54, 1.807) is 12.1 Å². The molecule has 0 bridgehead atoms. The number of nitrogens with zero attached hydrogens (tertiary/aromatic N) is 3. The Kier molecular flexibility index (Phi) is 9.27. The van der Waals surface area contributed by atoms with Gasteiger partial charge in [0.15, 0.2) is 0 Å². The summed E-state index contributed by atoms with van der Waals surface area (Å²) in [5.74, 6) is -1.49. The van der Waals surface area contributed by atoms with E-state index in [-0.39, 0.29) is 41.0 Å². The van der Waals surface area contributed by atoms with Gasteiger partial charge in [-0.1, -0.05) is 38.0 Å². The van der Waals surface area contributed by atoms with E-state index < -0.39 is 22.0 Å². The van der Waals surface area contributed by atoms with E-state index in [4.69, 9.17) is 10.6 Å². The molecule has 0 unspecified atom stereocenters. The first-order chi connectivity index (χ1) is 15.4. The van der Waals surface area contributed by atoms with Gasteiger partial charge < -0.3 is 10.4 Å². The van der Waals surface area contributed by atoms with Crippen molar-refractivity contribution in [2.75, 3.05) is 13.1 Å². The highest BCUT2D eigenvalue weighted by molar-refractivity contribution is 7.89. The summed E-state index contributed by atoms with van der Waals surface area (Å²) in [6.45, 7) is 6.38. The van der Waals surface area contributed by atoms with Gasteiger partial charge in [-0.25, -0.2) is 13.1 Å². The lowest BCUT2D eigenvalue weighted by atomic mass is 9.81. The van der Waals surface area contributed by atoms with Crippen molar-refractivity contribution in [1.82, 2.24) is 10.0 Å². The minimum absolute atomic E-state index is 0.0583. The molecule has 1 aliphatic rings. The summed E-state index contributed by atoms with van der Waals surface area (Å²) in [6.07, 6.45) is 2.21. The SMILES string of the molecule is CC(C)(C)c1ccc(S(=O)(=O)NCC2CCC(C(=O)N[C@H](CN=[N+]=[N-])CC(=O)O)CC2)cc1. The molecule has 1 atom stereocenters. The summed E-state index contributed by atoms with van der Waals surface area (Å²) in [6, 6.07) is 6.15. The van der Waals surface area contributed by atoms with E-state index in [0.717, 1.165) is 5.56 Å². The Morgan fingerprint density at radius 3 is 2.30 bits per heavy atom. The Labute approximate surface area is 194 Å². The number of carbonyl (C=O) groups excluding carboxylic acids is 1. The van der Waals surface area contributed by atoms with E-state index in [1.807, 2.05) is 12.1 Å². The molecule has 1 aliphatic carbocycles. The van der Waals surface area contributed by atoms with E-state index >= 15 is 0 Å². The molecule has 0 heterocycles. The minimum Gasteiger partial charge on any atom is -0.481 e. The highest BCUT2D eigenvalue weighted by atomic mass is 32.2.